The summed E-state index contributed by atoms with van der Waals surface area (Å²) in [5.74, 6) is -0.707. The molecule has 0 unspecified atom stereocenters. The molecule has 1 aliphatic heterocycles. The highest BCUT2D eigenvalue weighted by Crippen LogP contribution is 2.37. The van der Waals surface area contributed by atoms with Crippen LogP contribution in [0.1, 0.15) is 36.9 Å². The number of primary amides is 1. The number of nitrogens with two attached hydrogens (primary N) is 1. The maximum absolute atomic E-state index is 12.8. The lowest BCUT2D eigenvalue weighted by Gasteiger charge is -2.27. The highest BCUT2D eigenvalue weighted by Gasteiger charge is 2.28. The summed E-state index contributed by atoms with van der Waals surface area (Å²) >= 11 is 1.42. The first-order chi connectivity index (χ1) is 15.1. The predicted molar refractivity (Wildman–Crippen MR) is 121 cm³/mol. The van der Waals surface area contributed by atoms with Gasteiger partial charge in [0.2, 0.25) is 0 Å². The van der Waals surface area contributed by atoms with E-state index in [0.29, 0.717) is 16.1 Å². The molecule has 2 aromatic heterocycles. The van der Waals surface area contributed by atoms with Crippen LogP contribution in [0, 0.1) is 0 Å². The predicted octanol–water partition coefficient (Wildman–Crippen LogP) is 4.40. The fourth-order valence-corrected chi connectivity index (χ4v) is 5.33. The van der Waals surface area contributed by atoms with Crippen LogP contribution in [0.2, 0.25) is 0 Å². The summed E-state index contributed by atoms with van der Waals surface area (Å²) in [6.07, 6.45) is 0.720. The zero-order chi connectivity index (χ0) is 21.4. The molecule has 0 saturated heterocycles. The van der Waals surface area contributed by atoms with Crippen molar-refractivity contribution in [2.75, 3.05) is 11.9 Å². The Morgan fingerprint density at radius 3 is 2.65 bits per heavy atom. The fraction of sp³-hybridized carbons (Fsp3) is 0.167. The first-order valence-corrected chi connectivity index (χ1v) is 10.9. The van der Waals surface area contributed by atoms with Crippen molar-refractivity contribution in [3.63, 3.8) is 0 Å². The molecular formula is C24H21N3O3S. The minimum absolute atomic E-state index is 0.202. The van der Waals surface area contributed by atoms with Crippen LogP contribution >= 0.6 is 11.3 Å². The molecule has 7 heteroatoms. The number of benzene rings is 2. The minimum Gasteiger partial charge on any atom is -0.451 e. The number of para-hydroxylation sites is 1. The molecule has 0 aliphatic carbocycles. The third-order valence-corrected chi connectivity index (χ3v) is 6.64. The van der Waals surface area contributed by atoms with E-state index in [1.54, 1.807) is 6.07 Å². The van der Waals surface area contributed by atoms with Crippen LogP contribution in [0.4, 0.5) is 5.00 Å². The number of hydrogen-bond donors (Lipinski definition) is 2. The summed E-state index contributed by atoms with van der Waals surface area (Å²) in [6, 6.07) is 19.4. The van der Waals surface area contributed by atoms with Crippen molar-refractivity contribution in [2.24, 2.45) is 5.73 Å². The van der Waals surface area contributed by atoms with Gasteiger partial charge in [-0.2, -0.15) is 0 Å². The Labute approximate surface area is 183 Å². The molecule has 3 heterocycles. The van der Waals surface area contributed by atoms with Gasteiger partial charge in [0.25, 0.3) is 11.8 Å². The summed E-state index contributed by atoms with van der Waals surface area (Å²) in [5.41, 5.74) is 8.95. The zero-order valence-electron chi connectivity index (χ0n) is 16.8. The van der Waals surface area contributed by atoms with Crippen LogP contribution in [-0.4, -0.2) is 23.3 Å². The van der Waals surface area contributed by atoms with Crippen LogP contribution in [0.5, 0.6) is 0 Å². The number of hydrogen-bond acceptors (Lipinski definition) is 5. The monoisotopic (exact) mass is 431 g/mol. The van der Waals surface area contributed by atoms with Gasteiger partial charge in [-0.3, -0.25) is 14.5 Å². The van der Waals surface area contributed by atoms with E-state index >= 15 is 0 Å². The second kappa shape index (κ2) is 8.02. The lowest BCUT2D eigenvalue weighted by molar-refractivity contribution is 0.0999. The molecule has 3 N–H and O–H groups in total. The topological polar surface area (TPSA) is 88.6 Å². The normalized spacial score (nSPS) is 13.8. The second-order valence-corrected chi connectivity index (χ2v) is 8.73. The quantitative estimate of drug-likeness (QED) is 0.490. The number of thiophene rings is 1. The number of anilines is 1. The summed E-state index contributed by atoms with van der Waals surface area (Å²) in [6.45, 7) is 2.39. The molecule has 5 rings (SSSR count). The first-order valence-electron chi connectivity index (χ1n) is 10.1. The number of amides is 2. The number of carbonyl (C=O) groups excluding carboxylic acids is 2. The molecule has 4 aromatic rings. The van der Waals surface area contributed by atoms with E-state index in [4.69, 9.17) is 10.2 Å². The van der Waals surface area contributed by atoms with Crippen molar-refractivity contribution >= 4 is 39.1 Å². The zero-order valence-corrected chi connectivity index (χ0v) is 17.6. The van der Waals surface area contributed by atoms with E-state index in [-0.39, 0.29) is 5.76 Å². The van der Waals surface area contributed by atoms with Gasteiger partial charge in [-0.1, -0.05) is 48.5 Å². The molecule has 156 valence electrons. The Kier molecular flexibility index (Phi) is 5.05. The molecule has 31 heavy (non-hydrogen) atoms. The van der Waals surface area contributed by atoms with Crippen molar-refractivity contribution in [2.45, 2.75) is 19.5 Å². The Morgan fingerprint density at radius 2 is 1.87 bits per heavy atom. The third-order valence-electron chi connectivity index (χ3n) is 5.51. The average molecular weight is 432 g/mol. The lowest BCUT2D eigenvalue weighted by atomic mass is 10.0. The molecule has 1 aliphatic rings. The van der Waals surface area contributed by atoms with Crippen molar-refractivity contribution in [3.05, 3.63) is 88.0 Å². The van der Waals surface area contributed by atoms with Crippen LogP contribution < -0.4 is 11.1 Å². The molecule has 0 bridgehead atoms. The largest absolute Gasteiger partial charge is 0.451 e. The maximum atomic E-state index is 12.8. The Bertz CT molecular complexity index is 1240. The molecule has 0 radical (unpaired) electrons. The molecule has 0 spiro atoms. The Morgan fingerprint density at radius 1 is 1.10 bits per heavy atom. The fourth-order valence-electron chi connectivity index (χ4n) is 4.04. The van der Waals surface area contributed by atoms with Crippen molar-refractivity contribution in [1.29, 1.82) is 0 Å². The summed E-state index contributed by atoms with van der Waals surface area (Å²) in [4.78, 5) is 28.4. The number of nitrogens with one attached hydrogen (secondary N) is 1. The van der Waals surface area contributed by atoms with Crippen LogP contribution in [0.15, 0.2) is 65.1 Å². The van der Waals surface area contributed by atoms with E-state index < -0.39 is 11.8 Å². The highest BCUT2D eigenvalue weighted by atomic mass is 32.1. The molecule has 6 nitrogen and oxygen atoms in total. The van der Waals surface area contributed by atoms with Crippen molar-refractivity contribution in [1.82, 2.24) is 4.90 Å². The summed E-state index contributed by atoms with van der Waals surface area (Å²) in [5, 5.41) is 4.20. The highest BCUT2D eigenvalue weighted by molar-refractivity contribution is 7.17. The summed E-state index contributed by atoms with van der Waals surface area (Å²) in [7, 11) is 0. The number of carbonyl (C=O) groups is 2. The van der Waals surface area contributed by atoms with E-state index in [9.17, 15) is 9.59 Å². The van der Waals surface area contributed by atoms with E-state index in [1.165, 1.54) is 16.9 Å². The number of furan rings is 1. The van der Waals surface area contributed by atoms with Gasteiger partial charge >= 0.3 is 0 Å². The minimum atomic E-state index is -0.520. The third kappa shape index (κ3) is 3.85. The summed E-state index contributed by atoms with van der Waals surface area (Å²) < 4.78 is 5.66. The second-order valence-electron chi connectivity index (χ2n) is 7.62. The lowest BCUT2D eigenvalue weighted by Crippen LogP contribution is -2.30. The van der Waals surface area contributed by atoms with Gasteiger partial charge in [0.15, 0.2) is 5.76 Å². The van der Waals surface area contributed by atoms with E-state index in [0.717, 1.165) is 41.9 Å². The van der Waals surface area contributed by atoms with Crippen molar-refractivity contribution in [3.8, 4) is 0 Å². The standard InChI is InChI=1S/C24H21N3O3S/c25-22(28)21-17-10-11-27(13-15-6-2-1-3-7-15)14-20(17)31-24(21)26-23(29)19-12-16-8-4-5-9-18(16)30-19/h1-9,12H,10-11,13-14H2,(H2,25,28)(H,26,29). The Balaban J connectivity index is 1.39. The molecule has 0 atom stereocenters. The van der Waals surface area contributed by atoms with Crippen LogP contribution in [0.3, 0.4) is 0 Å². The SMILES string of the molecule is NC(=O)c1c(NC(=O)c2cc3ccccc3o2)sc2c1CCN(Cc1ccccc1)C2. The van der Waals surface area contributed by atoms with Gasteiger partial charge < -0.3 is 15.5 Å². The maximum Gasteiger partial charge on any atom is 0.292 e. The van der Waals surface area contributed by atoms with Gasteiger partial charge in [0, 0.05) is 29.9 Å². The van der Waals surface area contributed by atoms with Crippen molar-refractivity contribution < 1.29 is 14.0 Å². The van der Waals surface area contributed by atoms with Gasteiger partial charge in [0.05, 0.1) is 5.56 Å². The average Bonchev–Trinajstić information content (AvgIpc) is 3.35. The molecule has 2 amide bonds. The first kappa shape index (κ1) is 19.5. The van der Waals surface area contributed by atoms with Crippen LogP contribution in [0.25, 0.3) is 11.0 Å². The van der Waals surface area contributed by atoms with Gasteiger partial charge in [-0.05, 0) is 29.7 Å². The number of rotatable bonds is 5. The molecule has 0 fully saturated rings. The van der Waals surface area contributed by atoms with Gasteiger partial charge in [-0.15, -0.1) is 11.3 Å². The number of fused-ring (bicyclic) bond motifs is 2. The van der Waals surface area contributed by atoms with Gasteiger partial charge in [-0.25, -0.2) is 0 Å². The van der Waals surface area contributed by atoms with Gasteiger partial charge in [0.1, 0.15) is 10.6 Å². The smallest absolute Gasteiger partial charge is 0.292 e. The molecule has 2 aromatic carbocycles. The number of nitrogens with zero attached hydrogens (tertiary/aromatic N) is 1. The van der Waals surface area contributed by atoms with E-state index in [2.05, 4.69) is 22.3 Å². The van der Waals surface area contributed by atoms with Crippen LogP contribution in [-0.2, 0) is 19.5 Å². The Hall–Kier alpha value is -3.42. The molecule has 0 saturated carbocycles. The van der Waals surface area contributed by atoms with E-state index in [1.807, 2.05) is 42.5 Å². The molecular weight excluding hydrogens is 410 g/mol.